The maximum absolute atomic E-state index is 13.1. The summed E-state index contributed by atoms with van der Waals surface area (Å²) in [5.41, 5.74) is -0.371. The Balaban J connectivity index is 2.80. The third kappa shape index (κ3) is 2.99. The molecule has 0 aromatic heterocycles. The minimum absolute atomic E-state index is 0.155. The number of halogens is 1. The fraction of sp³-hybridized carbons (Fsp3) is 0.182. The van der Waals surface area contributed by atoms with Gasteiger partial charge in [-0.2, -0.15) is 0 Å². The van der Waals surface area contributed by atoms with E-state index in [0.717, 1.165) is 12.1 Å². The van der Waals surface area contributed by atoms with Crippen LogP contribution in [0.1, 0.15) is 17.3 Å². The lowest BCUT2D eigenvalue weighted by molar-refractivity contribution is 0.0692. The fourth-order valence-corrected chi connectivity index (χ4v) is 0.951. The molecule has 0 saturated heterocycles. The molecule has 78 valence electrons. The van der Waals surface area contributed by atoms with Gasteiger partial charge in [0.05, 0.1) is 5.56 Å². The van der Waals surface area contributed by atoms with E-state index in [9.17, 15) is 9.18 Å². The first-order chi connectivity index (χ1) is 7.15. The van der Waals surface area contributed by atoms with Crippen molar-refractivity contribution < 1.29 is 19.0 Å². The van der Waals surface area contributed by atoms with Crippen LogP contribution in [0.3, 0.4) is 0 Å². The normalized spacial score (nSPS) is 8.93. The van der Waals surface area contributed by atoms with E-state index in [1.807, 2.05) is 0 Å². The monoisotopic (exact) mass is 208 g/mol. The Kier molecular flexibility index (Phi) is 3.69. The standard InChI is InChI=1S/C11H9FO3/c1-2-3-6-15-8-4-5-9(11(13)14)10(12)7-8/h4-5,7H,6H2,1H3,(H,13,14). The third-order valence-corrected chi connectivity index (χ3v) is 1.66. The van der Waals surface area contributed by atoms with Crippen LogP contribution in [0.15, 0.2) is 18.2 Å². The highest BCUT2D eigenvalue weighted by atomic mass is 19.1. The highest BCUT2D eigenvalue weighted by Crippen LogP contribution is 2.16. The zero-order chi connectivity index (χ0) is 11.3. The Hall–Kier alpha value is -2.02. The molecular formula is C11H9FO3. The molecule has 0 aliphatic rings. The second-order valence-electron chi connectivity index (χ2n) is 2.66. The van der Waals surface area contributed by atoms with Gasteiger partial charge in [0, 0.05) is 6.07 Å². The lowest BCUT2D eigenvalue weighted by atomic mass is 10.2. The molecule has 0 aliphatic carbocycles. The van der Waals surface area contributed by atoms with Crippen LogP contribution in [0, 0.1) is 17.7 Å². The van der Waals surface area contributed by atoms with Crippen molar-refractivity contribution in [3.05, 3.63) is 29.6 Å². The molecule has 0 radical (unpaired) electrons. The average Bonchev–Trinajstić information content (AvgIpc) is 2.17. The first kappa shape index (κ1) is 11.1. The first-order valence-corrected chi connectivity index (χ1v) is 4.20. The molecule has 0 bridgehead atoms. The van der Waals surface area contributed by atoms with Gasteiger partial charge in [0.2, 0.25) is 0 Å². The molecule has 0 amide bonds. The molecular weight excluding hydrogens is 199 g/mol. The molecule has 0 atom stereocenters. The van der Waals surface area contributed by atoms with Crippen molar-refractivity contribution in [3.63, 3.8) is 0 Å². The van der Waals surface area contributed by atoms with Crippen LogP contribution in [-0.2, 0) is 0 Å². The number of hydrogen-bond donors (Lipinski definition) is 1. The van der Waals surface area contributed by atoms with Crippen LogP contribution >= 0.6 is 0 Å². The van der Waals surface area contributed by atoms with Gasteiger partial charge in [-0.25, -0.2) is 9.18 Å². The Bertz CT molecular complexity index is 429. The van der Waals surface area contributed by atoms with Gasteiger partial charge >= 0.3 is 5.97 Å². The molecule has 1 aromatic carbocycles. The maximum Gasteiger partial charge on any atom is 0.338 e. The lowest BCUT2D eigenvalue weighted by Crippen LogP contribution is -2.01. The predicted molar refractivity (Wildman–Crippen MR) is 52.3 cm³/mol. The van der Waals surface area contributed by atoms with E-state index in [-0.39, 0.29) is 17.9 Å². The summed E-state index contributed by atoms with van der Waals surface area (Å²) >= 11 is 0. The van der Waals surface area contributed by atoms with Crippen molar-refractivity contribution in [2.75, 3.05) is 6.61 Å². The van der Waals surface area contributed by atoms with Gasteiger partial charge in [0.1, 0.15) is 18.2 Å². The number of ether oxygens (including phenoxy) is 1. The van der Waals surface area contributed by atoms with Crippen LogP contribution in [0.2, 0.25) is 0 Å². The molecule has 0 unspecified atom stereocenters. The van der Waals surface area contributed by atoms with Crippen LogP contribution in [-0.4, -0.2) is 17.7 Å². The molecule has 1 N–H and O–H groups in total. The van der Waals surface area contributed by atoms with E-state index in [2.05, 4.69) is 11.8 Å². The topological polar surface area (TPSA) is 46.5 Å². The van der Waals surface area contributed by atoms with Crippen molar-refractivity contribution in [2.45, 2.75) is 6.92 Å². The summed E-state index contributed by atoms with van der Waals surface area (Å²) in [6.07, 6.45) is 0. The van der Waals surface area contributed by atoms with Crippen molar-refractivity contribution in [2.24, 2.45) is 0 Å². The highest BCUT2D eigenvalue weighted by molar-refractivity contribution is 5.88. The van der Waals surface area contributed by atoms with Gasteiger partial charge < -0.3 is 9.84 Å². The molecule has 1 aromatic rings. The van der Waals surface area contributed by atoms with Crippen molar-refractivity contribution >= 4 is 5.97 Å². The van der Waals surface area contributed by atoms with E-state index < -0.39 is 11.8 Å². The highest BCUT2D eigenvalue weighted by Gasteiger charge is 2.10. The predicted octanol–water partition coefficient (Wildman–Crippen LogP) is 1.93. The largest absolute Gasteiger partial charge is 0.481 e. The Morgan fingerprint density at radius 1 is 1.60 bits per heavy atom. The summed E-state index contributed by atoms with van der Waals surface area (Å²) in [5, 5.41) is 8.57. The van der Waals surface area contributed by atoms with Gasteiger partial charge in [0.15, 0.2) is 0 Å². The SMILES string of the molecule is CC#CCOc1ccc(C(=O)O)c(F)c1. The third-order valence-electron chi connectivity index (χ3n) is 1.66. The second kappa shape index (κ2) is 5.01. The molecule has 0 heterocycles. The quantitative estimate of drug-likeness (QED) is 0.772. The van der Waals surface area contributed by atoms with E-state index >= 15 is 0 Å². The minimum atomic E-state index is -1.30. The van der Waals surface area contributed by atoms with Crippen molar-refractivity contribution in [1.29, 1.82) is 0 Å². The number of rotatable bonds is 3. The molecule has 1 rings (SSSR count). The van der Waals surface area contributed by atoms with Crippen molar-refractivity contribution in [3.8, 4) is 17.6 Å². The van der Waals surface area contributed by atoms with Gasteiger partial charge in [-0.15, -0.1) is 5.92 Å². The summed E-state index contributed by atoms with van der Waals surface area (Å²) in [4.78, 5) is 10.5. The molecule has 0 saturated carbocycles. The van der Waals surface area contributed by atoms with E-state index in [1.165, 1.54) is 6.07 Å². The van der Waals surface area contributed by atoms with Crippen LogP contribution < -0.4 is 4.74 Å². The molecule has 15 heavy (non-hydrogen) atoms. The summed E-state index contributed by atoms with van der Waals surface area (Å²) in [7, 11) is 0. The van der Waals surface area contributed by atoms with Crippen LogP contribution in [0.5, 0.6) is 5.75 Å². The number of benzene rings is 1. The zero-order valence-corrected chi connectivity index (χ0v) is 8.08. The number of carbonyl (C=O) groups is 1. The summed E-state index contributed by atoms with van der Waals surface area (Å²) in [5.74, 6) is 3.41. The number of aromatic carboxylic acids is 1. The van der Waals surface area contributed by atoms with E-state index in [4.69, 9.17) is 9.84 Å². The summed E-state index contributed by atoms with van der Waals surface area (Å²) < 4.78 is 18.2. The zero-order valence-electron chi connectivity index (χ0n) is 8.08. The minimum Gasteiger partial charge on any atom is -0.481 e. The smallest absolute Gasteiger partial charge is 0.338 e. The molecule has 3 nitrogen and oxygen atoms in total. The second-order valence-corrected chi connectivity index (χ2v) is 2.66. The van der Waals surface area contributed by atoms with Crippen molar-refractivity contribution in [1.82, 2.24) is 0 Å². The summed E-state index contributed by atoms with van der Waals surface area (Å²) in [6.45, 7) is 1.82. The molecule has 0 spiro atoms. The number of carboxylic acid groups (broad SMARTS) is 1. The van der Waals surface area contributed by atoms with Gasteiger partial charge in [-0.1, -0.05) is 5.92 Å². The Labute approximate surface area is 86.5 Å². The Morgan fingerprint density at radius 3 is 2.87 bits per heavy atom. The first-order valence-electron chi connectivity index (χ1n) is 4.20. The number of carboxylic acids is 1. The van der Waals surface area contributed by atoms with Crippen LogP contribution in [0.25, 0.3) is 0 Å². The van der Waals surface area contributed by atoms with Gasteiger partial charge in [-0.05, 0) is 19.1 Å². The Morgan fingerprint density at radius 2 is 2.33 bits per heavy atom. The van der Waals surface area contributed by atoms with Crippen LogP contribution in [0.4, 0.5) is 4.39 Å². The lowest BCUT2D eigenvalue weighted by Gasteiger charge is -2.03. The van der Waals surface area contributed by atoms with Gasteiger partial charge in [-0.3, -0.25) is 0 Å². The molecule has 0 aliphatic heterocycles. The fourth-order valence-electron chi connectivity index (χ4n) is 0.951. The summed E-state index contributed by atoms with van der Waals surface area (Å²) in [6, 6.07) is 3.58. The molecule has 4 heteroatoms. The average molecular weight is 208 g/mol. The van der Waals surface area contributed by atoms with Gasteiger partial charge in [0.25, 0.3) is 0 Å². The molecule has 0 fully saturated rings. The van der Waals surface area contributed by atoms with E-state index in [1.54, 1.807) is 6.92 Å². The maximum atomic E-state index is 13.1. The van der Waals surface area contributed by atoms with E-state index in [0.29, 0.717) is 0 Å². The number of hydrogen-bond acceptors (Lipinski definition) is 2.